The molecule has 2 heterocycles. The summed E-state index contributed by atoms with van der Waals surface area (Å²) >= 11 is 1.72. The van der Waals surface area contributed by atoms with Gasteiger partial charge in [-0.25, -0.2) is 0 Å². The van der Waals surface area contributed by atoms with Crippen molar-refractivity contribution in [3.63, 3.8) is 0 Å². The van der Waals surface area contributed by atoms with Crippen molar-refractivity contribution in [1.29, 1.82) is 0 Å². The molecular weight excluding hydrogens is 314 g/mol. The molecule has 0 saturated carbocycles. The first-order valence-electron chi connectivity index (χ1n) is 7.34. The van der Waals surface area contributed by atoms with Gasteiger partial charge in [0.15, 0.2) is 17.5 Å². The zero-order valence-electron chi connectivity index (χ0n) is 12.9. The van der Waals surface area contributed by atoms with Crippen molar-refractivity contribution in [2.45, 2.75) is 6.54 Å². The van der Waals surface area contributed by atoms with Crippen LogP contribution < -0.4 is 24.8 Å². The van der Waals surface area contributed by atoms with Crippen LogP contribution in [-0.4, -0.2) is 33.0 Å². The Morgan fingerprint density at radius 1 is 1.26 bits per heavy atom. The summed E-state index contributed by atoms with van der Waals surface area (Å²) in [5.41, 5.74) is 0. The first-order chi connectivity index (χ1) is 11.3. The second kappa shape index (κ2) is 7.73. The van der Waals surface area contributed by atoms with Crippen LogP contribution in [0.2, 0.25) is 0 Å². The standard InChI is InChI=1S/C16H19N3O3S/c1-17-16(19-10-13-3-2-8-23-13)18-6-7-20-12-4-5-14-15(9-12)22-11-21-14/h2-5,8-9H,6-7,10-11H2,1H3,(H2,17,18,19). The number of benzene rings is 1. The van der Waals surface area contributed by atoms with E-state index in [1.807, 2.05) is 24.3 Å². The molecule has 2 N–H and O–H groups in total. The van der Waals surface area contributed by atoms with Crippen molar-refractivity contribution in [3.8, 4) is 17.2 Å². The van der Waals surface area contributed by atoms with Crippen LogP contribution in [0.3, 0.4) is 0 Å². The van der Waals surface area contributed by atoms with E-state index in [0.717, 1.165) is 29.8 Å². The van der Waals surface area contributed by atoms with Gasteiger partial charge in [0, 0.05) is 18.0 Å². The van der Waals surface area contributed by atoms with E-state index >= 15 is 0 Å². The Bertz CT molecular complexity index is 659. The van der Waals surface area contributed by atoms with Crippen LogP contribution in [0.1, 0.15) is 4.88 Å². The molecule has 6 nitrogen and oxygen atoms in total. The van der Waals surface area contributed by atoms with Crippen LogP contribution in [0, 0.1) is 0 Å². The van der Waals surface area contributed by atoms with E-state index < -0.39 is 0 Å². The zero-order valence-corrected chi connectivity index (χ0v) is 13.7. The lowest BCUT2D eigenvalue weighted by Crippen LogP contribution is -2.38. The molecule has 3 rings (SSSR count). The predicted octanol–water partition coefficient (Wildman–Crippen LogP) is 2.22. The van der Waals surface area contributed by atoms with Gasteiger partial charge in [-0.15, -0.1) is 11.3 Å². The lowest BCUT2D eigenvalue weighted by molar-refractivity contribution is 0.173. The molecule has 0 fully saturated rings. The maximum atomic E-state index is 5.70. The van der Waals surface area contributed by atoms with E-state index in [2.05, 4.69) is 27.1 Å². The van der Waals surface area contributed by atoms with Crippen molar-refractivity contribution in [2.24, 2.45) is 4.99 Å². The summed E-state index contributed by atoms with van der Waals surface area (Å²) in [7, 11) is 1.75. The van der Waals surface area contributed by atoms with Crippen molar-refractivity contribution in [2.75, 3.05) is 27.0 Å². The zero-order chi connectivity index (χ0) is 15.9. The average Bonchev–Trinajstić information content (AvgIpc) is 3.25. The summed E-state index contributed by atoms with van der Waals surface area (Å²) < 4.78 is 16.3. The minimum atomic E-state index is 0.270. The molecule has 122 valence electrons. The molecule has 0 amide bonds. The van der Waals surface area contributed by atoms with Crippen molar-refractivity contribution in [3.05, 3.63) is 40.6 Å². The smallest absolute Gasteiger partial charge is 0.231 e. The quantitative estimate of drug-likeness (QED) is 0.482. The average molecular weight is 333 g/mol. The maximum Gasteiger partial charge on any atom is 0.231 e. The molecule has 0 spiro atoms. The van der Waals surface area contributed by atoms with Crippen molar-refractivity contribution < 1.29 is 14.2 Å². The third-order valence-electron chi connectivity index (χ3n) is 3.24. The van der Waals surface area contributed by atoms with Crippen LogP contribution in [0.4, 0.5) is 0 Å². The van der Waals surface area contributed by atoms with E-state index in [4.69, 9.17) is 14.2 Å². The van der Waals surface area contributed by atoms with Crippen molar-refractivity contribution >= 4 is 17.3 Å². The highest BCUT2D eigenvalue weighted by Gasteiger charge is 2.13. The lowest BCUT2D eigenvalue weighted by atomic mass is 10.3. The third-order valence-corrected chi connectivity index (χ3v) is 4.12. The Hall–Kier alpha value is -2.41. The van der Waals surface area contributed by atoms with E-state index in [-0.39, 0.29) is 6.79 Å². The number of nitrogens with zero attached hydrogens (tertiary/aromatic N) is 1. The second-order valence-corrected chi connectivity index (χ2v) is 5.83. The van der Waals surface area contributed by atoms with Gasteiger partial charge >= 0.3 is 0 Å². The largest absolute Gasteiger partial charge is 0.492 e. The topological polar surface area (TPSA) is 64.1 Å². The maximum absolute atomic E-state index is 5.70. The highest BCUT2D eigenvalue weighted by molar-refractivity contribution is 7.09. The Labute approximate surface area is 139 Å². The first-order valence-corrected chi connectivity index (χ1v) is 8.22. The number of fused-ring (bicyclic) bond motifs is 1. The Morgan fingerprint density at radius 2 is 2.17 bits per heavy atom. The Balaban J connectivity index is 1.38. The molecule has 1 aromatic heterocycles. The van der Waals surface area contributed by atoms with Gasteiger partial charge in [0.1, 0.15) is 12.4 Å². The molecule has 0 unspecified atom stereocenters. The van der Waals surface area contributed by atoms with Gasteiger partial charge in [-0.3, -0.25) is 4.99 Å². The van der Waals surface area contributed by atoms with E-state index in [9.17, 15) is 0 Å². The van der Waals surface area contributed by atoms with Crippen LogP contribution >= 0.6 is 11.3 Å². The number of hydrogen-bond donors (Lipinski definition) is 2. The minimum absolute atomic E-state index is 0.270. The summed E-state index contributed by atoms with van der Waals surface area (Å²) in [6.45, 7) is 2.21. The normalized spacial score (nSPS) is 13.0. The van der Waals surface area contributed by atoms with E-state index in [1.54, 1.807) is 18.4 Å². The van der Waals surface area contributed by atoms with Crippen LogP contribution in [0.25, 0.3) is 0 Å². The monoisotopic (exact) mass is 333 g/mol. The summed E-state index contributed by atoms with van der Waals surface area (Å²) in [4.78, 5) is 5.45. The third kappa shape index (κ3) is 4.29. The van der Waals surface area contributed by atoms with Gasteiger partial charge in [0.05, 0.1) is 13.1 Å². The summed E-state index contributed by atoms with van der Waals surface area (Å²) in [5, 5.41) is 8.54. The fourth-order valence-electron chi connectivity index (χ4n) is 2.11. The molecule has 2 aromatic rings. The molecule has 1 aromatic carbocycles. The highest BCUT2D eigenvalue weighted by Crippen LogP contribution is 2.34. The molecule has 0 atom stereocenters. The van der Waals surface area contributed by atoms with Gasteiger partial charge in [-0.1, -0.05) is 6.07 Å². The van der Waals surface area contributed by atoms with Crippen LogP contribution in [-0.2, 0) is 6.54 Å². The van der Waals surface area contributed by atoms with Crippen LogP contribution in [0.15, 0.2) is 40.7 Å². The second-order valence-electron chi connectivity index (χ2n) is 4.80. The number of guanidine groups is 1. The van der Waals surface area contributed by atoms with E-state index in [0.29, 0.717) is 13.2 Å². The van der Waals surface area contributed by atoms with Gasteiger partial charge in [-0.2, -0.15) is 0 Å². The fraction of sp³-hybridized carbons (Fsp3) is 0.312. The summed E-state index contributed by atoms with van der Waals surface area (Å²) in [6, 6.07) is 9.70. The number of rotatable bonds is 6. The minimum Gasteiger partial charge on any atom is -0.492 e. The molecule has 1 aliphatic heterocycles. The molecule has 0 bridgehead atoms. The Kier molecular flexibility index (Phi) is 5.21. The molecule has 7 heteroatoms. The molecule has 0 aliphatic carbocycles. The molecule has 0 radical (unpaired) electrons. The van der Waals surface area contributed by atoms with Gasteiger partial charge in [0.25, 0.3) is 0 Å². The van der Waals surface area contributed by atoms with E-state index in [1.165, 1.54) is 4.88 Å². The number of ether oxygens (including phenoxy) is 3. The SMILES string of the molecule is CN=C(NCCOc1ccc2c(c1)OCO2)NCc1cccs1. The highest BCUT2D eigenvalue weighted by atomic mass is 32.1. The molecule has 1 aliphatic rings. The van der Waals surface area contributed by atoms with Crippen molar-refractivity contribution in [1.82, 2.24) is 10.6 Å². The fourth-order valence-corrected chi connectivity index (χ4v) is 2.75. The number of hydrogen-bond acceptors (Lipinski definition) is 5. The lowest BCUT2D eigenvalue weighted by Gasteiger charge is -2.12. The summed E-state index contributed by atoms with van der Waals surface area (Å²) in [5.74, 6) is 3.00. The first kappa shape index (κ1) is 15.5. The molecule has 23 heavy (non-hydrogen) atoms. The van der Waals surface area contributed by atoms with Crippen LogP contribution in [0.5, 0.6) is 17.2 Å². The number of thiophene rings is 1. The van der Waals surface area contributed by atoms with Gasteiger partial charge < -0.3 is 24.8 Å². The number of aliphatic imine (C=N–C) groups is 1. The molecule has 0 saturated heterocycles. The summed E-state index contributed by atoms with van der Waals surface area (Å²) in [6.07, 6.45) is 0. The number of nitrogens with one attached hydrogen (secondary N) is 2. The van der Waals surface area contributed by atoms with Gasteiger partial charge in [-0.05, 0) is 23.6 Å². The predicted molar refractivity (Wildman–Crippen MR) is 90.6 cm³/mol. The Morgan fingerprint density at radius 3 is 3.00 bits per heavy atom. The van der Waals surface area contributed by atoms with Gasteiger partial charge in [0.2, 0.25) is 6.79 Å². The molecular formula is C16H19N3O3S.